The molecule has 0 N–H and O–H groups in total. The van der Waals surface area contributed by atoms with E-state index in [1.165, 1.54) is 0 Å². The molecule has 28 heavy (non-hydrogen) atoms. The topological polar surface area (TPSA) is 18.5 Å². The minimum absolute atomic E-state index is 0.424. The molecule has 0 atom stereocenters. The predicted molar refractivity (Wildman–Crippen MR) is 89.0 cm³/mol. The normalized spacial score (nSPS) is 15.6. The maximum absolute atomic E-state index is 13.9. The minimum Gasteiger partial charge on any atom is -0.310 e. The van der Waals surface area contributed by atoms with E-state index in [0.29, 0.717) is 0 Å². The average Bonchev–Trinajstić information content (AvgIpc) is 2.42. The van der Waals surface area contributed by atoms with Crippen molar-refractivity contribution in [3.63, 3.8) is 0 Å². The largest absolute Gasteiger partial charge is 0.420 e. The van der Waals surface area contributed by atoms with E-state index < -0.39 is 59.9 Å². The Labute approximate surface area is 160 Å². The summed E-state index contributed by atoms with van der Waals surface area (Å²) in [6, 6.07) is 0. The van der Waals surface area contributed by atoms with E-state index in [2.05, 4.69) is 9.47 Å². The maximum atomic E-state index is 13.9. The molecule has 0 aliphatic rings. The Kier molecular flexibility index (Phi) is 8.05. The predicted octanol–water partition coefficient (Wildman–Crippen LogP) is 7.13. The lowest BCUT2D eigenvalue weighted by atomic mass is 9.93. The summed E-state index contributed by atoms with van der Waals surface area (Å²) in [5, 5.41) is 0. The molecule has 0 spiro atoms. The highest BCUT2D eigenvalue weighted by atomic mass is 19.3. The van der Waals surface area contributed by atoms with Gasteiger partial charge in [0.05, 0.1) is 11.2 Å². The lowest BCUT2D eigenvalue weighted by Gasteiger charge is -2.39. The second-order valence-corrected chi connectivity index (χ2v) is 8.81. The van der Waals surface area contributed by atoms with Crippen molar-refractivity contribution >= 4 is 0 Å². The number of halogens is 8. The molecule has 0 heterocycles. The number of ether oxygens (including phenoxy) is 2. The van der Waals surface area contributed by atoms with Gasteiger partial charge in [0, 0.05) is 11.8 Å². The number of rotatable bonds is 11. The molecule has 0 amide bonds. The molecule has 0 saturated heterocycles. The smallest absolute Gasteiger partial charge is 0.310 e. The van der Waals surface area contributed by atoms with Crippen LogP contribution in [0.2, 0.25) is 0 Å². The van der Waals surface area contributed by atoms with Gasteiger partial charge < -0.3 is 9.47 Å². The van der Waals surface area contributed by atoms with E-state index >= 15 is 0 Å². The highest BCUT2D eigenvalue weighted by molar-refractivity contribution is 4.87. The van der Waals surface area contributed by atoms with Crippen LogP contribution in [0.15, 0.2) is 0 Å². The summed E-state index contributed by atoms with van der Waals surface area (Å²) >= 11 is 0. The van der Waals surface area contributed by atoms with Crippen LogP contribution in [0, 0.1) is 11.8 Å². The van der Waals surface area contributed by atoms with Crippen molar-refractivity contribution in [2.24, 2.45) is 11.8 Å². The summed E-state index contributed by atoms with van der Waals surface area (Å²) in [4.78, 5) is 0. The van der Waals surface area contributed by atoms with Gasteiger partial charge >= 0.3 is 24.1 Å². The van der Waals surface area contributed by atoms with Crippen LogP contribution < -0.4 is 0 Å². The van der Waals surface area contributed by atoms with E-state index in [0.717, 1.165) is 55.4 Å². The zero-order valence-electron chi connectivity index (χ0n) is 17.4. The second-order valence-electron chi connectivity index (χ2n) is 8.81. The van der Waals surface area contributed by atoms with Gasteiger partial charge in [0.15, 0.2) is 0 Å². The lowest BCUT2D eigenvalue weighted by Crippen LogP contribution is -2.52. The maximum Gasteiger partial charge on any atom is 0.420 e. The van der Waals surface area contributed by atoms with Crippen molar-refractivity contribution in [1.29, 1.82) is 0 Å². The molecular formula is C18H30F8O2. The van der Waals surface area contributed by atoms with Crippen LogP contribution >= 0.6 is 0 Å². The van der Waals surface area contributed by atoms with Crippen molar-refractivity contribution in [1.82, 2.24) is 0 Å². The zero-order chi connectivity index (χ0) is 23.0. The SMILES string of the molecule is CC(C)C(F)(F)C(F)(F)OC(C)(C)CCC(C)(C)OC(F)(F)C(F)(F)C(C)C. The molecule has 2 nitrogen and oxygen atoms in total. The van der Waals surface area contributed by atoms with Crippen LogP contribution in [0.3, 0.4) is 0 Å². The van der Waals surface area contributed by atoms with Crippen LogP contribution in [-0.2, 0) is 9.47 Å². The summed E-state index contributed by atoms with van der Waals surface area (Å²) in [6.07, 6.45) is -10.4. The van der Waals surface area contributed by atoms with Crippen LogP contribution in [0.1, 0.15) is 68.2 Å². The molecule has 0 aromatic heterocycles. The highest BCUT2D eigenvalue weighted by Crippen LogP contribution is 2.46. The van der Waals surface area contributed by atoms with Gasteiger partial charge in [-0.25, -0.2) is 0 Å². The van der Waals surface area contributed by atoms with Gasteiger partial charge in [-0.1, -0.05) is 27.7 Å². The van der Waals surface area contributed by atoms with E-state index in [4.69, 9.17) is 0 Å². The van der Waals surface area contributed by atoms with Crippen molar-refractivity contribution in [3.8, 4) is 0 Å². The summed E-state index contributed by atoms with van der Waals surface area (Å²) in [7, 11) is 0. The van der Waals surface area contributed by atoms with Gasteiger partial charge in [0.25, 0.3) is 0 Å². The highest BCUT2D eigenvalue weighted by Gasteiger charge is 2.63. The Balaban J connectivity index is 5.20. The molecule has 0 aromatic rings. The molecule has 170 valence electrons. The Hall–Kier alpha value is -0.640. The van der Waals surface area contributed by atoms with E-state index in [-0.39, 0.29) is 0 Å². The lowest BCUT2D eigenvalue weighted by molar-refractivity contribution is -0.395. The van der Waals surface area contributed by atoms with Gasteiger partial charge in [0.2, 0.25) is 0 Å². The summed E-state index contributed by atoms with van der Waals surface area (Å²) in [5.74, 6) is -12.3. The Morgan fingerprint density at radius 3 is 0.929 bits per heavy atom. The van der Waals surface area contributed by atoms with Crippen molar-refractivity contribution in [2.45, 2.75) is 103 Å². The zero-order valence-corrected chi connectivity index (χ0v) is 17.4. The van der Waals surface area contributed by atoms with E-state index in [9.17, 15) is 35.1 Å². The number of hydrogen-bond donors (Lipinski definition) is 0. The third kappa shape index (κ3) is 6.43. The van der Waals surface area contributed by atoms with Crippen molar-refractivity contribution in [3.05, 3.63) is 0 Å². The quantitative estimate of drug-likeness (QED) is 0.325. The number of hydrogen-bond acceptors (Lipinski definition) is 2. The standard InChI is InChI=1S/C18H30F8O2/c1-11(2)15(19,20)17(23,24)27-13(5,6)9-10-14(7,8)28-18(25,26)16(21,22)12(3)4/h11-12H,9-10H2,1-8H3. The summed E-state index contributed by atoms with van der Waals surface area (Å²) in [6.45, 7) is 7.91. The first-order valence-corrected chi connectivity index (χ1v) is 8.92. The average molecular weight is 430 g/mol. The molecule has 0 aliphatic carbocycles. The van der Waals surface area contributed by atoms with Crippen LogP contribution in [0.5, 0.6) is 0 Å². The Bertz CT molecular complexity index is 468. The molecule has 0 radical (unpaired) electrons. The first-order chi connectivity index (χ1) is 12.0. The van der Waals surface area contributed by atoms with Gasteiger partial charge in [-0.2, -0.15) is 35.1 Å². The van der Waals surface area contributed by atoms with Crippen molar-refractivity contribution < 1.29 is 44.6 Å². The fourth-order valence-corrected chi connectivity index (χ4v) is 2.21. The summed E-state index contributed by atoms with van der Waals surface area (Å²) < 4.78 is 119. The molecule has 10 heteroatoms. The van der Waals surface area contributed by atoms with Gasteiger partial charge in [-0.15, -0.1) is 0 Å². The third-order valence-corrected chi connectivity index (χ3v) is 4.36. The van der Waals surface area contributed by atoms with Crippen molar-refractivity contribution in [2.75, 3.05) is 0 Å². The molecule has 0 fully saturated rings. The first-order valence-electron chi connectivity index (χ1n) is 8.92. The third-order valence-electron chi connectivity index (χ3n) is 4.36. The summed E-state index contributed by atoms with van der Waals surface area (Å²) in [5.41, 5.74) is -3.73. The molecule has 0 aliphatic heterocycles. The van der Waals surface area contributed by atoms with Crippen LogP contribution in [0.4, 0.5) is 35.1 Å². The number of alkyl halides is 8. The molecule has 0 rings (SSSR count). The monoisotopic (exact) mass is 430 g/mol. The molecule has 0 bridgehead atoms. The van der Waals surface area contributed by atoms with E-state index in [1.807, 2.05) is 0 Å². The van der Waals surface area contributed by atoms with E-state index in [1.54, 1.807) is 0 Å². The van der Waals surface area contributed by atoms with Gasteiger partial charge in [-0.05, 0) is 40.5 Å². The Morgan fingerprint density at radius 2 is 0.750 bits per heavy atom. The Morgan fingerprint density at radius 1 is 0.536 bits per heavy atom. The fraction of sp³-hybridized carbons (Fsp3) is 1.00. The van der Waals surface area contributed by atoms with Gasteiger partial charge in [-0.3, -0.25) is 0 Å². The fourth-order valence-electron chi connectivity index (χ4n) is 2.21. The first kappa shape index (κ1) is 27.4. The molecule has 0 unspecified atom stereocenters. The van der Waals surface area contributed by atoms with Gasteiger partial charge in [0.1, 0.15) is 0 Å². The van der Waals surface area contributed by atoms with Crippen LogP contribution in [-0.4, -0.2) is 35.3 Å². The second kappa shape index (κ2) is 8.24. The molecular weight excluding hydrogens is 400 g/mol. The molecule has 0 saturated carbocycles. The molecule has 0 aromatic carbocycles. The van der Waals surface area contributed by atoms with Crippen LogP contribution in [0.25, 0.3) is 0 Å². The minimum atomic E-state index is -4.80.